The normalized spacial score (nSPS) is 11.6. The van der Waals surface area contributed by atoms with Crippen LogP contribution in [-0.2, 0) is 0 Å². The minimum absolute atomic E-state index is 0.426. The Kier molecular flexibility index (Phi) is 8.85. The van der Waals surface area contributed by atoms with Gasteiger partial charge in [-0.2, -0.15) is 10.5 Å². The van der Waals surface area contributed by atoms with Crippen LogP contribution in [0.5, 0.6) is 0 Å². The van der Waals surface area contributed by atoms with Gasteiger partial charge >= 0.3 is 0 Å². The molecule has 10 aromatic rings. The van der Waals surface area contributed by atoms with Gasteiger partial charge in [0.25, 0.3) is 0 Å². The van der Waals surface area contributed by atoms with Gasteiger partial charge in [-0.15, -0.1) is 0 Å². The highest BCUT2D eigenvalue weighted by molar-refractivity contribution is 6.15. The second kappa shape index (κ2) is 14.5. The molecule has 60 heavy (non-hydrogen) atoms. The van der Waals surface area contributed by atoms with Crippen LogP contribution >= 0.6 is 0 Å². The monoisotopic (exact) mass is 776 g/mol. The molecule has 0 bridgehead atoms. The third-order valence-corrected chi connectivity index (χ3v) is 11.6. The van der Waals surface area contributed by atoms with Crippen LogP contribution in [-0.4, -0.2) is 0 Å². The molecule has 0 saturated heterocycles. The first-order chi connectivity index (χ1) is 29.2. The number of rotatable bonds is 8. The van der Waals surface area contributed by atoms with Crippen molar-refractivity contribution in [3.8, 4) is 12.1 Å². The fourth-order valence-corrected chi connectivity index (χ4v) is 8.33. The number of nitriles is 2. The van der Waals surface area contributed by atoms with Gasteiger partial charge in [-0.25, -0.2) is 0 Å². The van der Waals surface area contributed by atoms with Gasteiger partial charge in [0.15, 0.2) is 0 Å². The Hall–Kier alpha value is -7.80. The van der Waals surface area contributed by atoms with E-state index in [0.29, 0.717) is 23.0 Å². The van der Waals surface area contributed by atoms with Gasteiger partial charge in [-0.05, 0) is 155 Å². The summed E-state index contributed by atoms with van der Waals surface area (Å²) in [6.07, 6.45) is 0. The average molecular weight is 777 g/mol. The number of fused-ring (bicyclic) bond motifs is 7. The lowest BCUT2D eigenvalue weighted by Gasteiger charge is -2.26. The van der Waals surface area contributed by atoms with Crippen LogP contribution in [0.1, 0.15) is 61.8 Å². The number of hydrogen-bond acceptors (Lipinski definition) is 6. The summed E-state index contributed by atoms with van der Waals surface area (Å²) in [5, 5.41) is 25.2. The van der Waals surface area contributed by atoms with E-state index >= 15 is 0 Å². The zero-order chi connectivity index (χ0) is 41.1. The third kappa shape index (κ3) is 6.36. The summed E-state index contributed by atoms with van der Waals surface area (Å²) in [6.45, 7) is 8.79. The molecule has 0 spiro atoms. The van der Waals surface area contributed by atoms with E-state index < -0.39 is 0 Å². The maximum Gasteiger partial charge on any atom is 0.137 e. The van der Waals surface area contributed by atoms with Crippen LogP contribution in [0.15, 0.2) is 167 Å². The summed E-state index contributed by atoms with van der Waals surface area (Å²) in [7, 11) is 0. The van der Waals surface area contributed by atoms with Gasteiger partial charge < -0.3 is 18.6 Å². The smallest absolute Gasteiger partial charge is 0.137 e. The molecule has 8 aromatic carbocycles. The topological polar surface area (TPSA) is 80.3 Å². The molecule has 0 fully saturated rings. The Morgan fingerprint density at radius 2 is 0.683 bits per heavy atom. The largest absolute Gasteiger partial charge is 0.456 e. The summed E-state index contributed by atoms with van der Waals surface area (Å²) >= 11 is 0. The number of hydrogen-bond donors (Lipinski definition) is 0. The van der Waals surface area contributed by atoms with E-state index in [2.05, 4.69) is 159 Å². The van der Waals surface area contributed by atoms with Crippen molar-refractivity contribution in [1.82, 2.24) is 0 Å². The lowest BCUT2D eigenvalue weighted by Crippen LogP contribution is -2.10. The van der Waals surface area contributed by atoms with Crippen LogP contribution in [0.25, 0.3) is 54.6 Å². The Morgan fingerprint density at radius 3 is 1.03 bits per heavy atom. The van der Waals surface area contributed by atoms with E-state index in [0.717, 1.165) is 88.8 Å². The molecule has 6 heteroatoms. The summed E-state index contributed by atoms with van der Waals surface area (Å²) in [6, 6.07) is 58.6. The Bertz CT molecular complexity index is 3100. The Morgan fingerprint density at radius 1 is 0.367 bits per heavy atom. The summed E-state index contributed by atoms with van der Waals surface area (Å²) in [5.74, 6) is 0.853. The van der Waals surface area contributed by atoms with E-state index in [4.69, 9.17) is 8.83 Å². The molecule has 0 aliphatic carbocycles. The Balaban J connectivity index is 1.05. The SMILES string of the molecule is CC(C)c1ccc(N(c2ccc(C#N)cc2)c2ccc3c(c2)oc2cc4cc5oc6cc(N(c7ccc(C#N)cc7)c7ccc(C(C)C)cc7)ccc6c5cc4cc23)cc1. The van der Waals surface area contributed by atoms with Crippen LogP contribution in [0.3, 0.4) is 0 Å². The molecule has 0 aliphatic rings. The fourth-order valence-electron chi connectivity index (χ4n) is 8.33. The molecular formula is C54H40N4O2. The van der Waals surface area contributed by atoms with Gasteiger partial charge in [-0.3, -0.25) is 0 Å². The van der Waals surface area contributed by atoms with Gasteiger partial charge in [0.2, 0.25) is 0 Å². The second-order valence-electron chi connectivity index (χ2n) is 16.1. The highest BCUT2D eigenvalue weighted by Crippen LogP contribution is 2.43. The zero-order valence-electron chi connectivity index (χ0n) is 33.8. The minimum atomic E-state index is 0.426. The van der Waals surface area contributed by atoms with Gasteiger partial charge in [0.1, 0.15) is 22.3 Å². The van der Waals surface area contributed by atoms with Crippen molar-refractivity contribution < 1.29 is 8.83 Å². The minimum Gasteiger partial charge on any atom is -0.456 e. The second-order valence-corrected chi connectivity index (χ2v) is 16.1. The summed E-state index contributed by atoms with van der Waals surface area (Å²) in [5.41, 5.74) is 12.9. The quantitative estimate of drug-likeness (QED) is 0.153. The maximum atomic E-state index is 9.47. The van der Waals surface area contributed by atoms with Crippen molar-refractivity contribution in [2.24, 2.45) is 0 Å². The first kappa shape index (κ1) is 36.5. The molecule has 0 N–H and O–H groups in total. The standard InChI is InChI=1S/C54H40N4O2/c1-33(2)37-9-17-43(18-10-37)57(41-13-5-35(31-55)6-14-41)45-21-23-47-49-25-39-26-50-48-24-22-46(30-54(48)60-52(50)28-40(39)27-51(49)59-53(47)29-45)58(42-15-7-36(32-56)8-16-42)44-19-11-38(12-20-44)34(3)4/h5-30,33-34H,1-4H3. The summed E-state index contributed by atoms with van der Waals surface area (Å²) in [4.78, 5) is 4.40. The highest BCUT2D eigenvalue weighted by Gasteiger charge is 2.19. The highest BCUT2D eigenvalue weighted by atomic mass is 16.3. The fraction of sp³-hybridized carbons (Fsp3) is 0.111. The van der Waals surface area contributed by atoms with Crippen molar-refractivity contribution in [1.29, 1.82) is 10.5 Å². The van der Waals surface area contributed by atoms with Crippen LogP contribution < -0.4 is 9.80 Å². The molecule has 6 nitrogen and oxygen atoms in total. The van der Waals surface area contributed by atoms with Crippen molar-refractivity contribution in [2.75, 3.05) is 9.80 Å². The first-order valence-electron chi connectivity index (χ1n) is 20.3. The number of nitrogens with zero attached hydrogens (tertiary/aromatic N) is 4. The van der Waals surface area contributed by atoms with E-state index in [9.17, 15) is 10.5 Å². The molecule has 0 saturated carbocycles. The average Bonchev–Trinajstić information content (AvgIpc) is 3.81. The lowest BCUT2D eigenvalue weighted by atomic mass is 10.0. The molecule has 0 amide bonds. The Labute approximate surface area is 348 Å². The van der Waals surface area contributed by atoms with Gasteiger partial charge in [0.05, 0.1) is 23.3 Å². The van der Waals surface area contributed by atoms with E-state index in [1.165, 1.54) is 11.1 Å². The van der Waals surface area contributed by atoms with E-state index in [1.54, 1.807) is 0 Å². The number of furan rings is 2. The zero-order valence-corrected chi connectivity index (χ0v) is 33.8. The van der Waals surface area contributed by atoms with Gasteiger partial charge in [-0.1, -0.05) is 52.0 Å². The number of anilines is 6. The van der Waals surface area contributed by atoms with Crippen molar-refractivity contribution in [3.63, 3.8) is 0 Å². The van der Waals surface area contributed by atoms with Gasteiger partial charge in [0, 0.05) is 67.8 Å². The lowest BCUT2D eigenvalue weighted by molar-refractivity contribution is 0.668. The molecule has 0 atom stereocenters. The molecular weight excluding hydrogens is 737 g/mol. The third-order valence-electron chi connectivity index (χ3n) is 11.6. The predicted molar refractivity (Wildman–Crippen MR) is 245 cm³/mol. The van der Waals surface area contributed by atoms with Crippen molar-refractivity contribution >= 4 is 88.8 Å². The molecule has 0 radical (unpaired) electrons. The van der Waals surface area contributed by atoms with Crippen LogP contribution in [0, 0.1) is 22.7 Å². The summed E-state index contributed by atoms with van der Waals surface area (Å²) < 4.78 is 13.2. The maximum absolute atomic E-state index is 9.47. The molecule has 2 heterocycles. The number of benzene rings is 8. The van der Waals surface area contributed by atoms with E-state index in [-0.39, 0.29) is 0 Å². The van der Waals surface area contributed by atoms with Crippen molar-refractivity contribution in [2.45, 2.75) is 39.5 Å². The predicted octanol–water partition coefficient (Wildman–Crippen LogP) is 15.6. The first-order valence-corrected chi connectivity index (χ1v) is 20.3. The molecule has 0 unspecified atom stereocenters. The molecule has 288 valence electrons. The molecule has 0 aliphatic heterocycles. The van der Waals surface area contributed by atoms with Crippen LogP contribution in [0.4, 0.5) is 34.1 Å². The van der Waals surface area contributed by atoms with Crippen molar-refractivity contribution in [3.05, 3.63) is 180 Å². The van der Waals surface area contributed by atoms with Crippen LogP contribution in [0.2, 0.25) is 0 Å². The molecule has 10 rings (SSSR count). The molecule has 2 aromatic heterocycles. The van der Waals surface area contributed by atoms with E-state index in [1.807, 2.05) is 48.5 Å².